The predicted molar refractivity (Wildman–Crippen MR) is 76.7 cm³/mol. The molecule has 1 aromatic rings. The molecule has 6 nitrogen and oxygen atoms in total. The molecule has 0 spiro atoms. The van der Waals surface area contributed by atoms with Crippen LogP contribution in [0, 0.1) is 10.1 Å². The molecule has 1 atom stereocenters. The first-order valence-electron chi connectivity index (χ1n) is 6.81. The van der Waals surface area contributed by atoms with E-state index in [1.54, 1.807) is 12.1 Å². The summed E-state index contributed by atoms with van der Waals surface area (Å²) in [4.78, 5) is 12.6. The molecule has 0 bridgehead atoms. The molecule has 2 N–H and O–H groups in total. The van der Waals surface area contributed by atoms with Crippen LogP contribution < -0.4 is 5.73 Å². The summed E-state index contributed by atoms with van der Waals surface area (Å²) in [7, 11) is 0. The summed E-state index contributed by atoms with van der Waals surface area (Å²) in [5.74, 6) is 0. The lowest BCUT2D eigenvalue weighted by atomic mass is 9.90. The minimum atomic E-state index is -0.381. The van der Waals surface area contributed by atoms with Crippen molar-refractivity contribution in [3.8, 4) is 0 Å². The second-order valence-electron chi connectivity index (χ2n) is 5.40. The van der Waals surface area contributed by atoms with Crippen LogP contribution in [0.3, 0.4) is 0 Å². The highest BCUT2D eigenvalue weighted by Gasteiger charge is 2.31. The Morgan fingerprint density at radius 3 is 2.45 bits per heavy atom. The minimum absolute atomic E-state index is 0.120. The van der Waals surface area contributed by atoms with E-state index in [1.807, 2.05) is 12.1 Å². The van der Waals surface area contributed by atoms with Crippen LogP contribution in [0.25, 0.3) is 0 Å². The van der Waals surface area contributed by atoms with Crippen molar-refractivity contribution in [3.05, 3.63) is 39.9 Å². The summed E-state index contributed by atoms with van der Waals surface area (Å²) in [5.41, 5.74) is 7.02. The first-order valence-corrected chi connectivity index (χ1v) is 6.81. The number of nitrogens with two attached hydrogens (primary N) is 1. The predicted octanol–water partition coefficient (Wildman–Crippen LogP) is 1.19. The van der Waals surface area contributed by atoms with Gasteiger partial charge in [-0.3, -0.25) is 15.0 Å². The summed E-state index contributed by atoms with van der Waals surface area (Å²) >= 11 is 0. The highest BCUT2D eigenvalue weighted by Crippen LogP contribution is 2.22. The van der Waals surface area contributed by atoms with Gasteiger partial charge in [0.2, 0.25) is 0 Å². The van der Waals surface area contributed by atoms with Gasteiger partial charge < -0.3 is 10.5 Å². The molecule has 0 amide bonds. The van der Waals surface area contributed by atoms with Gasteiger partial charge in [0.15, 0.2) is 0 Å². The highest BCUT2D eigenvalue weighted by molar-refractivity contribution is 5.33. The Morgan fingerprint density at radius 1 is 1.35 bits per heavy atom. The maximum atomic E-state index is 10.7. The summed E-state index contributed by atoms with van der Waals surface area (Å²) in [6.07, 6.45) is 0.779. The average Bonchev–Trinajstić information content (AvgIpc) is 2.48. The quantitative estimate of drug-likeness (QED) is 0.646. The molecule has 1 aromatic carbocycles. The third kappa shape index (κ3) is 3.33. The lowest BCUT2D eigenvalue weighted by Crippen LogP contribution is -2.56. The fourth-order valence-corrected chi connectivity index (χ4v) is 2.59. The van der Waals surface area contributed by atoms with E-state index in [1.165, 1.54) is 0 Å². The topological polar surface area (TPSA) is 81.6 Å². The SMILES string of the molecule is CC(CN)(Cc1ccc([N+](=O)[O-])cc1)N1CCOCC1. The van der Waals surface area contributed by atoms with Gasteiger partial charge in [-0.2, -0.15) is 0 Å². The van der Waals surface area contributed by atoms with Gasteiger partial charge in [0.1, 0.15) is 0 Å². The Morgan fingerprint density at radius 2 is 1.95 bits per heavy atom. The van der Waals surface area contributed by atoms with E-state index in [-0.39, 0.29) is 16.1 Å². The number of morpholine rings is 1. The van der Waals surface area contributed by atoms with E-state index in [0.29, 0.717) is 6.54 Å². The summed E-state index contributed by atoms with van der Waals surface area (Å²) < 4.78 is 5.37. The Balaban J connectivity index is 2.10. The molecule has 1 saturated heterocycles. The molecule has 1 aliphatic heterocycles. The third-order valence-corrected chi connectivity index (χ3v) is 3.95. The molecule has 110 valence electrons. The number of rotatable bonds is 5. The number of nitrogens with zero attached hydrogens (tertiary/aromatic N) is 2. The second kappa shape index (κ2) is 6.30. The van der Waals surface area contributed by atoms with E-state index in [9.17, 15) is 10.1 Å². The number of nitro groups is 1. The van der Waals surface area contributed by atoms with Gasteiger partial charge in [-0.25, -0.2) is 0 Å². The Hall–Kier alpha value is -1.50. The molecule has 0 radical (unpaired) electrons. The van der Waals surface area contributed by atoms with E-state index in [4.69, 9.17) is 10.5 Å². The average molecular weight is 279 g/mol. The molecule has 20 heavy (non-hydrogen) atoms. The summed E-state index contributed by atoms with van der Waals surface area (Å²) in [6.45, 7) is 5.90. The smallest absolute Gasteiger partial charge is 0.269 e. The van der Waals surface area contributed by atoms with Gasteiger partial charge in [0.05, 0.1) is 18.1 Å². The van der Waals surface area contributed by atoms with Gasteiger partial charge in [-0.15, -0.1) is 0 Å². The number of nitro benzene ring substituents is 1. The minimum Gasteiger partial charge on any atom is -0.379 e. The third-order valence-electron chi connectivity index (χ3n) is 3.95. The monoisotopic (exact) mass is 279 g/mol. The van der Waals surface area contributed by atoms with Crippen LogP contribution in [0.5, 0.6) is 0 Å². The molecule has 6 heteroatoms. The largest absolute Gasteiger partial charge is 0.379 e. The zero-order valence-electron chi connectivity index (χ0n) is 11.7. The molecule has 2 rings (SSSR count). The zero-order chi connectivity index (χ0) is 14.6. The van der Waals surface area contributed by atoms with Crippen molar-refractivity contribution in [1.29, 1.82) is 0 Å². The molecule has 1 aliphatic rings. The number of non-ortho nitro benzene ring substituents is 1. The van der Waals surface area contributed by atoms with Crippen molar-refractivity contribution < 1.29 is 9.66 Å². The van der Waals surface area contributed by atoms with Crippen LogP contribution in [-0.4, -0.2) is 48.2 Å². The standard InChI is InChI=1S/C14H21N3O3/c1-14(11-15,16-6-8-20-9-7-16)10-12-2-4-13(5-3-12)17(18)19/h2-5H,6-11,15H2,1H3. The van der Waals surface area contributed by atoms with E-state index in [0.717, 1.165) is 38.3 Å². The number of hydrogen-bond donors (Lipinski definition) is 1. The number of hydrogen-bond acceptors (Lipinski definition) is 5. The molecule has 0 aliphatic carbocycles. The van der Waals surface area contributed by atoms with Crippen LogP contribution in [0.4, 0.5) is 5.69 Å². The Bertz CT molecular complexity index is 457. The lowest BCUT2D eigenvalue weighted by molar-refractivity contribution is -0.384. The first-order chi connectivity index (χ1) is 9.55. The van der Waals surface area contributed by atoms with Crippen molar-refractivity contribution in [1.82, 2.24) is 4.90 Å². The fraction of sp³-hybridized carbons (Fsp3) is 0.571. The van der Waals surface area contributed by atoms with Crippen molar-refractivity contribution in [2.45, 2.75) is 18.9 Å². The van der Waals surface area contributed by atoms with E-state index in [2.05, 4.69) is 11.8 Å². The van der Waals surface area contributed by atoms with Crippen molar-refractivity contribution in [3.63, 3.8) is 0 Å². The van der Waals surface area contributed by atoms with Crippen LogP contribution in [-0.2, 0) is 11.2 Å². The molecular weight excluding hydrogens is 258 g/mol. The maximum absolute atomic E-state index is 10.7. The fourth-order valence-electron chi connectivity index (χ4n) is 2.59. The van der Waals surface area contributed by atoms with E-state index >= 15 is 0 Å². The van der Waals surface area contributed by atoms with Crippen LogP contribution in [0.1, 0.15) is 12.5 Å². The summed E-state index contributed by atoms with van der Waals surface area (Å²) in [5, 5.41) is 10.7. The van der Waals surface area contributed by atoms with E-state index < -0.39 is 0 Å². The van der Waals surface area contributed by atoms with Crippen LogP contribution >= 0.6 is 0 Å². The zero-order valence-corrected chi connectivity index (χ0v) is 11.7. The maximum Gasteiger partial charge on any atom is 0.269 e. The second-order valence-corrected chi connectivity index (χ2v) is 5.40. The van der Waals surface area contributed by atoms with Crippen molar-refractivity contribution >= 4 is 5.69 Å². The van der Waals surface area contributed by atoms with Gasteiger partial charge in [-0.05, 0) is 18.9 Å². The lowest BCUT2D eigenvalue weighted by Gasteiger charge is -2.42. The normalized spacial score (nSPS) is 19.5. The molecular formula is C14H21N3O3. The van der Waals surface area contributed by atoms with Crippen LogP contribution in [0.15, 0.2) is 24.3 Å². The highest BCUT2D eigenvalue weighted by atomic mass is 16.6. The Kier molecular flexibility index (Phi) is 4.69. The van der Waals surface area contributed by atoms with Crippen molar-refractivity contribution in [2.24, 2.45) is 5.73 Å². The van der Waals surface area contributed by atoms with Gasteiger partial charge in [-0.1, -0.05) is 12.1 Å². The van der Waals surface area contributed by atoms with Gasteiger partial charge in [0.25, 0.3) is 5.69 Å². The van der Waals surface area contributed by atoms with Crippen LogP contribution in [0.2, 0.25) is 0 Å². The molecule has 1 fully saturated rings. The first kappa shape index (κ1) is 14.9. The van der Waals surface area contributed by atoms with Gasteiger partial charge >= 0.3 is 0 Å². The number of benzene rings is 1. The molecule has 0 saturated carbocycles. The Labute approximate surface area is 118 Å². The number of ether oxygens (including phenoxy) is 1. The van der Waals surface area contributed by atoms with Crippen molar-refractivity contribution in [2.75, 3.05) is 32.8 Å². The molecule has 0 aromatic heterocycles. The molecule has 1 heterocycles. The van der Waals surface area contributed by atoms with Gasteiger partial charge in [0, 0.05) is 37.3 Å². The summed E-state index contributed by atoms with van der Waals surface area (Å²) in [6, 6.07) is 6.72. The molecule has 1 unspecified atom stereocenters.